The molecule has 5 heteroatoms. The second kappa shape index (κ2) is 7.91. The molecular formula is C22H19BO4. The van der Waals surface area contributed by atoms with Crippen LogP contribution < -0.4 is 14.0 Å². The number of rotatable bonds is 6. The van der Waals surface area contributed by atoms with E-state index in [1.54, 1.807) is 7.11 Å². The normalized spacial score (nSPS) is 12.8. The highest BCUT2D eigenvalue weighted by Gasteiger charge is 2.38. The van der Waals surface area contributed by atoms with Gasteiger partial charge >= 0.3 is 7.32 Å². The van der Waals surface area contributed by atoms with Crippen LogP contribution in [0.5, 0.6) is 17.2 Å². The Kier molecular flexibility index (Phi) is 5.01. The van der Waals surface area contributed by atoms with Crippen molar-refractivity contribution >= 4 is 13.1 Å². The summed E-state index contributed by atoms with van der Waals surface area (Å²) in [7, 11) is 0.861. The maximum atomic E-state index is 6.04. The van der Waals surface area contributed by atoms with Gasteiger partial charge < -0.3 is 18.7 Å². The first kappa shape index (κ1) is 17.1. The van der Waals surface area contributed by atoms with Crippen molar-refractivity contribution in [2.75, 3.05) is 7.11 Å². The maximum Gasteiger partial charge on any atom is 0.864 e. The van der Waals surface area contributed by atoms with Crippen LogP contribution in [0.2, 0.25) is 0 Å². The molecule has 0 radical (unpaired) electrons. The third-order valence-corrected chi connectivity index (χ3v) is 4.26. The summed E-state index contributed by atoms with van der Waals surface area (Å²) in [6.07, 6.45) is 2.75. The third kappa shape index (κ3) is 4.09. The topological polar surface area (TPSA) is 36.9 Å². The number of ether oxygens (including phenoxy) is 1. The van der Waals surface area contributed by atoms with Crippen LogP contribution >= 0.6 is 0 Å². The zero-order valence-electron chi connectivity index (χ0n) is 15.0. The molecular weight excluding hydrogens is 339 g/mol. The highest BCUT2D eigenvalue weighted by Crippen LogP contribution is 2.34. The smallest absolute Gasteiger partial charge is 0.497 e. The van der Waals surface area contributed by atoms with Crippen LogP contribution in [0.3, 0.4) is 0 Å². The molecule has 0 saturated carbocycles. The van der Waals surface area contributed by atoms with Crippen molar-refractivity contribution in [3.8, 4) is 17.2 Å². The van der Waals surface area contributed by atoms with Crippen molar-refractivity contribution in [1.29, 1.82) is 0 Å². The van der Waals surface area contributed by atoms with Gasteiger partial charge in [0.05, 0.1) is 7.11 Å². The van der Waals surface area contributed by atoms with Crippen molar-refractivity contribution in [1.82, 2.24) is 0 Å². The fourth-order valence-electron chi connectivity index (χ4n) is 2.84. The molecule has 0 amide bonds. The third-order valence-electron chi connectivity index (χ3n) is 4.26. The van der Waals surface area contributed by atoms with Gasteiger partial charge in [0.2, 0.25) is 0 Å². The Hall–Kier alpha value is -3.34. The lowest BCUT2D eigenvalue weighted by Crippen LogP contribution is -2.28. The summed E-state index contributed by atoms with van der Waals surface area (Å²) in [4.78, 5) is 0. The number of benzene rings is 3. The summed E-state index contributed by atoms with van der Waals surface area (Å²) in [5.74, 6) is 2.92. The lowest BCUT2D eigenvalue weighted by atomic mass is 10.1. The highest BCUT2D eigenvalue weighted by atomic mass is 16.8. The van der Waals surface area contributed by atoms with Crippen LogP contribution in [0.1, 0.15) is 11.1 Å². The van der Waals surface area contributed by atoms with Gasteiger partial charge in [-0.25, -0.2) is 0 Å². The minimum Gasteiger partial charge on any atom is -0.497 e. The van der Waals surface area contributed by atoms with Crippen molar-refractivity contribution < 1.29 is 18.7 Å². The largest absolute Gasteiger partial charge is 0.864 e. The molecule has 0 aromatic heterocycles. The van der Waals surface area contributed by atoms with E-state index in [2.05, 4.69) is 0 Å². The molecule has 0 unspecified atom stereocenters. The lowest BCUT2D eigenvalue weighted by Gasteiger charge is -2.12. The molecule has 0 atom stereocenters. The number of para-hydroxylation sites is 2. The van der Waals surface area contributed by atoms with E-state index in [4.69, 9.17) is 18.7 Å². The van der Waals surface area contributed by atoms with Crippen LogP contribution in [-0.2, 0) is 11.1 Å². The van der Waals surface area contributed by atoms with Crippen LogP contribution in [0, 0.1) is 0 Å². The fraction of sp³-hybridized carbons (Fsp3) is 0.0909. The van der Waals surface area contributed by atoms with Gasteiger partial charge in [-0.1, -0.05) is 54.6 Å². The van der Waals surface area contributed by atoms with Gasteiger partial charge in [-0.2, -0.15) is 0 Å². The molecule has 1 aliphatic heterocycles. The fourth-order valence-corrected chi connectivity index (χ4v) is 2.84. The quantitative estimate of drug-likeness (QED) is 0.471. The molecule has 0 saturated heterocycles. The van der Waals surface area contributed by atoms with Crippen LogP contribution in [-0.4, -0.2) is 14.4 Å². The summed E-state index contributed by atoms with van der Waals surface area (Å²) in [5.41, 5.74) is 2.12. The van der Waals surface area contributed by atoms with Crippen molar-refractivity contribution in [3.05, 3.63) is 96.1 Å². The van der Waals surface area contributed by atoms with Crippen molar-refractivity contribution in [2.45, 2.75) is 6.42 Å². The predicted molar refractivity (Wildman–Crippen MR) is 106 cm³/mol. The second-order valence-electron chi connectivity index (χ2n) is 6.08. The monoisotopic (exact) mass is 358 g/mol. The molecule has 0 aliphatic carbocycles. The first-order valence-electron chi connectivity index (χ1n) is 8.79. The molecule has 3 aromatic carbocycles. The molecule has 134 valence electrons. The Morgan fingerprint density at radius 3 is 2.11 bits per heavy atom. The van der Waals surface area contributed by atoms with E-state index in [1.807, 2.05) is 84.9 Å². The molecule has 4 nitrogen and oxygen atoms in total. The molecule has 1 heterocycles. The van der Waals surface area contributed by atoms with Gasteiger partial charge in [0.1, 0.15) is 23.0 Å². The number of hydrogen-bond donors (Lipinski definition) is 0. The number of fused-ring (bicyclic) bond motifs is 1. The molecule has 27 heavy (non-hydrogen) atoms. The Morgan fingerprint density at radius 1 is 0.852 bits per heavy atom. The molecule has 3 aromatic rings. The predicted octanol–water partition coefficient (Wildman–Crippen LogP) is 4.75. The minimum absolute atomic E-state index is 0.685. The molecule has 4 rings (SSSR count). The average Bonchev–Trinajstić information content (AvgIpc) is 3.14. The minimum atomic E-state index is -0.801. The van der Waals surface area contributed by atoms with Crippen LogP contribution in [0.25, 0.3) is 5.76 Å². The Morgan fingerprint density at radius 2 is 1.48 bits per heavy atom. The second-order valence-corrected chi connectivity index (χ2v) is 6.08. The zero-order chi connectivity index (χ0) is 18.5. The van der Waals surface area contributed by atoms with Gasteiger partial charge in [-0.05, 0) is 42.3 Å². The van der Waals surface area contributed by atoms with Crippen molar-refractivity contribution in [2.24, 2.45) is 0 Å². The molecule has 0 bridgehead atoms. The van der Waals surface area contributed by atoms with E-state index in [1.165, 1.54) is 0 Å². The van der Waals surface area contributed by atoms with Gasteiger partial charge in [0.15, 0.2) is 0 Å². The van der Waals surface area contributed by atoms with Gasteiger partial charge in [-0.3, -0.25) is 0 Å². The van der Waals surface area contributed by atoms with Crippen LogP contribution in [0.4, 0.5) is 0 Å². The van der Waals surface area contributed by atoms with Gasteiger partial charge in [-0.15, -0.1) is 0 Å². The van der Waals surface area contributed by atoms with E-state index in [9.17, 15) is 0 Å². The molecule has 0 fully saturated rings. The summed E-state index contributed by atoms with van der Waals surface area (Å²) >= 11 is 0. The SMILES string of the molecule is COc1ccc(C/C=C(\OB2Oc3ccccc3O2)c2ccccc2)cc1. The first-order valence-corrected chi connectivity index (χ1v) is 8.79. The van der Waals surface area contributed by atoms with Gasteiger partial charge in [0.25, 0.3) is 0 Å². The molecule has 0 N–H and O–H groups in total. The Bertz CT molecular complexity index is 898. The van der Waals surface area contributed by atoms with Crippen LogP contribution in [0.15, 0.2) is 84.9 Å². The standard InChI is InChI=1S/C22H19BO4/c1-24-19-14-11-17(12-15-19)13-16-20(18-7-3-2-4-8-18)25-23-26-21-9-5-6-10-22(21)27-23/h2-12,14-16H,13H2,1H3/b20-16-. The Balaban J connectivity index is 1.52. The molecule has 1 aliphatic rings. The van der Waals surface area contributed by atoms with E-state index in [-0.39, 0.29) is 0 Å². The maximum absolute atomic E-state index is 6.04. The zero-order valence-corrected chi connectivity index (χ0v) is 15.0. The lowest BCUT2D eigenvalue weighted by molar-refractivity contribution is 0.329. The summed E-state index contributed by atoms with van der Waals surface area (Å²) in [5, 5.41) is 0. The number of methoxy groups -OCH3 is 1. The average molecular weight is 358 g/mol. The Labute approximate surface area is 159 Å². The summed E-state index contributed by atoms with van der Waals surface area (Å²) in [6, 6.07) is 25.4. The highest BCUT2D eigenvalue weighted by molar-refractivity contribution is 6.41. The van der Waals surface area contributed by atoms with Crippen molar-refractivity contribution in [3.63, 3.8) is 0 Å². The van der Waals surface area contributed by atoms with E-state index in [0.717, 1.165) is 16.9 Å². The van der Waals surface area contributed by atoms with E-state index < -0.39 is 7.32 Å². The van der Waals surface area contributed by atoms with E-state index in [0.29, 0.717) is 23.7 Å². The summed E-state index contributed by atoms with van der Waals surface area (Å²) < 4.78 is 22.7. The summed E-state index contributed by atoms with van der Waals surface area (Å²) in [6.45, 7) is 0. The molecule has 0 spiro atoms. The van der Waals surface area contributed by atoms with E-state index >= 15 is 0 Å². The number of hydrogen-bond acceptors (Lipinski definition) is 4. The number of allylic oxidation sites excluding steroid dienone is 1. The first-order chi connectivity index (χ1) is 13.3. The van der Waals surface area contributed by atoms with Gasteiger partial charge in [0, 0.05) is 5.56 Å².